The van der Waals surface area contributed by atoms with Gasteiger partial charge in [-0.3, -0.25) is 0 Å². The van der Waals surface area contributed by atoms with Crippen LogP contribution in [0.3, 0.4) is 0 Å². The second kappa shape index (κ2) is 3.39. The summed E-state index contributed by atoms with van der Waals surface area (Å²) in [4.78, 5) is 1.45. The van der Waals surface area contributed by atoms with Crippen molar-refractivity contribution in [3.05, 3.63) is 17.1 Å². The molecule has 0 saturated heterocycles. The minimum Gasteiger partial charge on any atom is -0.317 e. The van der Waals surface area contributed by atoms with E-state index in [4.69, 9.17) is 0 Å². The molecule has 1 N–H and O–H groups in total. The Hall–Kier alpha value is -0.410. The third-order valence-corrected chi connectivity index (χ3v) is 4.24. The lowest BCUT2D eigenvalue weighted by molar-refractivity contribution is 0.475. The lowest BCUT2D eigenvalue weighted by atomic mass is 9.87. The molecule has 2 atom stereocenters. The zero-order valence-electron chi connectivity index (χ0n) is 8.21. The maximum absolute atomic E-state index is 4.18. The molecule has 1 aliphatic rings. The summed E-state index contributed by atoms with van der Waals surface area (Å²) in [5, 5.41) is 3.37. The zero-order chi connectivity index (χ0) is 9.31. The molecule has 72 valence electrons. The Kier molecular flexibility index (Phi) is 2.39. The molecule has 3 heteroatoms. The van der Waals surface area contributed by atoms with Gasteiger partial charge in [0.05, 0.1) is 0 Å². The molecule has 1 heterocycles. The van der Waals surface area contributed by atoms with Crippen LogP contribution in [0.2, 0.25) is 0 Å². The van der Waals surface area contributed by atoms with E-state index in [0.717, 1.165) is 0 Å². The Morgan fingerprint density at radius 3 is 3.08 bits per heavy atom. The summed E-state index contributed by atoms with van der Waals surface area (Å²) in [6.07, 6.45) is 5.76. The van der Waals surface area contributed by atoms with Gasteiger partial charge in [0.1, 0.15) is 0 Å². The largest absolute Gasteiger partial charge is 0.317 e. The van der Waals surface area contributed by atoms with Crippen molar-refractivity contribution >= 4 is 11.5 Å². The van der Waals surface area contributed by atoms with Crippen LogP contribution in [0, 0.1) is 0 Å². The van der Waals surface area contributed by atoms with Gasteiger partial charge in [0.15, 0.2) is 0 Å². The quantitative estimate of drug-likeness (QED) is 0.784. The van der Waals surface area contributed by atoms with Gasteiger partial charge in [-0.05, 0) is 43.9 Å². The Morgan fingerprint density at radius 2 is 2.54 bits per heavy atom. The second-order valence-electron chi connectivity index (χ2n) is 4.17. The van der Waals surface area contributed by atoms with Crippen molar-refractivity contribution in [2.75, 3.05) is 7.05 Å². The number of nitrogens with zero attached hydrogens (tertiary/aromatic N) is 1. The Morgan fingerprint density at radius 1 is 1.69 bits per heavy atom. The Labute approximate surface area is 83.5 Å². The van der Waals surface area contributed by atoms with Gasteiger partial charge < -0.3 is 5.32 Å². The smallest absolute Gasteiger partial charge is 0.0409 e. The van der Waals surface area contributed by atoms with E-state index in [1.807, 2.05) is 6.20 Å². The van der Waals surface area contributed by atoms with E-state index in [1.165, 1.54) is 24.1 Å². The maximum atomic E-state index is 4.18. The van der Waals surface area contributed by atoms with Crippen molar-refractivity contribution in [3.63, 3.8) is 0 Å². The number of aromatic nitrogens is 1. The van der Waals surface area contributed by atoms with Gasteiger partial charge in [0.2, 0.25) is 0 Å². The van der Waals surface area contributed by atoms with E-state index in [0.29, 0.717) is 11.5 Å². The van der Waals surface area contributed by atoms with Gasteiger partial charge in [0.25, 0.3) is 0 Å². The topological polar surface area (TPSA) is 24.9 Å². The van der Waals surface area contributed by atoms with E-state index >= 15 is 0 Å². The molecule has 1 aliphatic carbocycles. The molecule has 0 radical (unpaired) electrons. The fourth-order valence-electron chi connectivity index (χ4n) is 2.24. The molecule has 1 aromatic rings. The molecule has 0 aliphatic heterocycles. The molecular weight excluding hydrogens is 180 g/mol. The van der Waals surface area contributed by atoms with Crippen LogP contribution in [0.15, 0.2) is 12.3 Å². The SMILES string of the molecule is CNC1CCC(C)(c2ccns2)C1. The first-order valence-corrected chi connectivity index (χ1v) is 5.60. The first kappa shape index (κ1) is 9.16. The molecule has 13 heavy (non-hydrogen) atoms. The van der Waals surface area contributed by atoms with Crippen LogP contribution >= 0.6 is 11.5 Å². The molecule has 0 aromatic carbocycles. The highest BCUT2D eigenvalue weighted by atomic mass is 32.1. The van der Waals surface area contributed by atoms with Crippen LogP contribution in [0.25, 0.3) is 0 Å². The first-order valence-electron chi connectivity index (χ1n) is 4.83. The number of nitrogens with one attached hydrogen (secondary N) is 1. The summed E-state index contributed by atoms with van der Waals surface area (Å²) in [7, 11) is 2.06. The number of hydrogen-bond acceptors (Lipinski definition) is 3. The summed E-state index contributed by atoms with van der Waals surface area (Å²) in [5.41, 5.74) is 0.384. The van der Waals surface area contributed by atoms with Gasteiger partial charge >= 0.3 is 0 Å². The molecule has 2 rings (SSSR count). The highest BCUT2D eigenvalue weighted by Crippen LogP contribution is 2.41. The standard InChI is InChI=1S/C10H16N2S/c1-10(9-4-6-12-13-9)5-3-8(7-10)11-2/h4,6,8,11H,3,5,7H2,1-2H3. The van der Waals surface area contributed by atoms with E-state index in [9.17, 15) is 0 Å². The van der Waals surface area contributed by atoms with Crippen molar-refractivity contribution in [1.82, 2.24) is 9.69 Å². The van der Waals surface area contributed by atoms with Crippen molar-refractivity contribution in [3.8, 4) is 0 Å². The lowest BCUT2D eigenvalue weighted by Crippen LogP contribution is -2.25. The monoisotopic (exact) mass is 196 g/mol. The van der Waals surface area contributed by atoms with Gasteiger partial charge in [0, 0.05) is 22.5 Å². The van der Waals surface area contributed by atoms with Crippen molar-refractivity contribution < 1.29 is 0 Å². The summed E-state index contributed by atoms with van der Waals surface area (Å²) >= 11 is 1.65. The lowest BCUT2D eigenvalue weighted by Gasteiger charge is -2.21. The van der Waals surface area contributed by atoms with Crippen molar-refractivity contribution in [2.24, 2.45) is 0 Å². The normalized spacial score (nSPS) is 33.8. The number of rotatable bonds is 2. The molecule has 0 spiro atoms. The van der Waals surface area contributed by atoms with Crippen LogP contribution in [0.5, 0.6) is 0 Å². The van der Waals surface area contributed by atoms with Crippen LogP contribution < -0.4 is 5.32 Å². The van der Waals surface area contributed by atoms with Gasteiger partial charge in [-0.25, -0.2) is 4.37 Å². The fraction of sp³-hybridized carbons (Fsp3) is 0.700. The molecule has 0 bridgehead atoms. The molecule has 1 saturated carbocycles. The highest BCUT2D eigenvalue weighted by Gasteiger charge is 2.36. The third-order valence-electron chi connectivity index (χ3n) is 3.18. The predicted octanol–water partition coefficient (Wildman–Crippen LogP) is 2.17. The fourth-order valence-corrected chi connectivity index (χ4v) is 3.00. The molecule has 1 fully saturated rings. The van der Waals surface area contributed by atoms with Crippen LogP contribution in [0.1, 0.15) is 31.1 Å². The Bertz CT molecular complexity index is 270. The summed E-state index contributed by atoms with van der Waals surface area (Å²) in [6.45, 7) is 2.36. The predicted molar refractivity (Wildman–Crippen MR) is 56.2 cm³/mol. The minimum atomic E-state index is 0.384. The van der Waals surface area contributed by atoms with Crippen LogP contribution in [-0.2, 0) is 5.41 Å². The van der Waals surface area contributed by atoms with E-state index in [2.05, 4.69) is 29.7 Å². The van der Waals surface area contributed by atoms with Crippen LogP contribution in [0.4, 0.5) is 0 Å². The summed E-state index contributed by atoms with van der Waals surface area (Å²) in [5.74, 6) is 0. The van der Waals surface area contributed by atoms with Crippen molar-refractivity contribution in [1.29, 1.82) is 0 Å². The number of hydrogen-bond donors (Lipinski definition) is 1. The summed E-state index contributed by atoms with van der Waals surface area (Å²) in [6, 6.07) is 2.87. The average Bonchev–Trinajstić information content (AvgIpc) is 2.72. The first-order chi connectivity index (χ1) is 6.24. The maximum Gasteiger partial charge on any atom is 0.0409 e. The van der Waals surface area contributed by atoms with E-state index in [-0.39, 0.29) is 0 Å². The van der Waals surface area contributed by atoms with E-state index in [1.54, 1.807) is 11.5 Å². The second-order valence-corrected chi connectivity index (χ2v) is 5.00. The molecule has 2 unspecified atom stereocenters. The molecule has 2 nitrogen and oxygen atoms in total. The molecule has 0 amide bonds. The van der Waals surface area contributed by atoms with Crippen molar-refractivity contribution in [2.45, 2.75) is 37.6 Å². The van der Waals surface area contributed by atoms with Gasteiger partial charge in [-0.1, -0.05) is 6.92 Å². The average molecular weight is 196 g/mol. The zero-order valence-corrected chi connectivity index (χ0v) is 9.03. The minimum absolute atomic E-state index is 0.384. The summed E-state index contributed by atoms with van der Waals surface area (Å²) < 4.78 is 4.18. The third kappa shape index (κ3) is 1.63. The van der Waals surface area contributed by atoms with Gasteiger partial charge in [-0.2, -0.15) is 0 Å². The Balaban J connectivity index is 2.15. The highest BCUT2D eigenvalue weighted by molar-refractivity contribution is 7.05. The molecule has 1 aromatic heterocycles. The molecular formula is C10H16N2S. The van der Waals surface area contributed by atoms with E-state index < -0.39 is 0 Å². The van der Waals surface area contributed by atoms with Crippen LogP contribution in [-0.4, -0.2) is 17.5 Å². The van der Waals surface area contributed by atoms with Gasteiger partial charge in [-0.15, -0.1) is 0 Å².